The van der Waals surface area contributed by atoms with Gasteiger partial charge in [-0.15, -0.1) is 5.10 Å². The van der Waals surface area contributed by atoms with E-state index in [0.717, 1.165) is 22.3 Å². The van der Waals surface area contributed by atoms with E-state index in [1.165, 1.54) is 11.8 Å². The van der Waals surface area contributed by atoms with Crippen molar-refractivity contribution in [2.45, 2.75) is 37.4 Å². The number of carbonyl (C=O) groups is 1. The van der Waals surface area contributed by atoms with Crippen LogP contribution in [0.2, 0.25) is 10.0 Å². The molecule has 1 aliphatic heterocycles. The minimum atomic E-state index is -0.652. The van der Waals surface area contributed by atoms with Crippen molar-refractivity contribution in [3.8, 4) is 11.5 Å². The molecule has 1 atom stereocenters. The number of amides is 1. The topological polar surface area (TPSA) is 90.3 Å². The fraction of sp³-hybridized carbons (Fsp3) is 0.171. The van der Waals surface area contributed by atoms with Gasteiger partial charge in [0.25, 0.3) is 5.91 Å². The molecule has 4 aromatic carbocycles. The molecule has 1 amide bonds. The number of hydrogen-bond acceptors (Lipinski definition) is 7. The number of nitrogens with zero attached hydrogens (tertiary/aromatic N) is 3. The molecule has 0 aliphatic carbocycles. The quantitative estimate of drug-likeness (QED) is 0.138. The predicted octanol–water partition coefficient (Wildman–Crippen LogP) is 9.46. The van der Waals surface area contributed by atoms with Crippen LogP contribution in [0.4, 0.5) is 11.6 Å². The lowest BCUT2D eigenvalue weighted by atomic mass is 9.94. The largest absolute Gasteiger partial charge is 0.493 e. The molecular formula is C35H30BrCl2N5O3S. The number of carbonyl (C=O) groups excluding carboxylic acids is 1. The number of halogens is 3. The molecule has 8 nitrogen and oxygen atoms in total. The maximum Gasteiger partial charge on any atom is 0.255 e. The van der Waals surface area contributed by atoms with Crippen LogP contribution in [0.25, 0.3) is 0 Å². The summed E-state index contributed by atoms with van der Waals surface area (Å²) in [6.07, 6.45) is 0. The first kappa shape index (κ1) is 33.0. The monoisotopic (exact) mass is 749 g/mol. The Morgan fingerprint density at radius 2 is 1.72 bits per heavy atom. The highest BCUT2D eigenvalue weighted by molar-refractivity contribution is 9.10. The summed E-state index contributed by atoms with van der Waals surface area (Å²) in [5.41, 5.74) is 5.41. The number of benzene rings is 4. The van der Waals surface area contributed by atoms with E-state index in [4.69, 9.17) is 42.8 Å². The highest BCUT2D eigenvalue weighted by atomic mass is 79.9. The molecule has 0 saturated carbocycles. The predicted molar refractivity (Wildman–Crippen MR) is 192 cm³/mol. The summed E-state index contributed by atoms with van der Waals surface area (Å²) in [6.45, 7) is 4.08. The maximum atomic E-state index is 14.1. The van der Waals surface area contributed by atoms with E-state index in [0.29, 0.717) is 59.8 Å². The average molecular weight is 752 g/mol. The first-order valence-corrected chi connectivity index (χ1v) is 17.2. The molecule has 5 aromatic rings. The van der Waals surface area contributed by atoms with Gasteiger partial charge in [0.2, 0.25) is 11.1 Å². The van der Waals surface area contributed by atoms with Crippen LogP contribution in [-0.2, 0) is 17.2 Å². The number of aromatic nitrogens is 3. The van der Waals surface area contributed by atoms with Crippen LogP contribution in [0.3, 0.4) is 0 Å². The summed E-state index contributed by atoms with van der Waals surface area (Å²) < 4.78 is 14.4. The molecule has 6 rings (SSSR count). The fourth-order valence-electron chi connectivity index (χ4n) is 5.28. The summed E-state index contributed by atoms with van der Waals surface area (Å²) in [7, 11) is 1.58. The van der Waals surface area contributed by atoms with Gasteiger partial charge < -0.3 is 20.1 Å². The van der Waals surface area contributed by atoms with E-state index in [2.05, 4.69) is 26.6 Å². The Bertz CT molecular complexity index is 2000. The molecule has 2 heterocycles. The number of rotatable bonds is 10. The van der Waals surface area contributed by atoms with Crippen LogP contribution >= 0.6 is 50.9 Å². The Kier molecular flexibility index (Phi) is 10.1. The SMILES string of the molecule is COc1cc(C2C(C(=O)Nc3cccc(C)c3)=C(C)Nc3nc(SCc4ccccc4Cl)nn32)cc(Br)c1OCc1ccccc1Cl. The van der Waals surface area contributed by atoms with Gasteiger partial charge in [-0.05, 0) is 82.9 Å². The van der Waals surface area contributed by atoms with Crippen LogP contribution in [0, 0.1) is 6.92 Å². The molecule has 1 unspecified atom stereocenters. The number of ether oxygens (including phenoxy) is 2. The number of nitrogens with one attached hydrogen (secondary N) is 2. The molecule has 12 heteroatoms. The zero-order valence-corrected chi connectivity index (χ0v) is 29.6. The second-order valence-corrected chi connectivity index (χ2v) is 13.5. The minimum absolute atomic E-state index is 0.240. The zero-order valence-electron chi connectivity index (χ0n) is 25.7. The van der Waals surface area contributed by atoms with E-state index < -0.39 is 6.04 Å². The first-order valence-electron chi connectivity index (χ1n) is 14.6. The molecule has 240 valence electrons. The van der Waals surface area contributed by atoms with Gasteiger partial charge in [-0.3, -0.25) is 4.79 Å². The van der Waals surface area contributed by atoms with E-state index in [9.17, 15) is 4.79 Å². The molecule has 1 aromatic heterocycles. The zero-order chi connectivity index (χ0) is 33.1. The van der Waals surface area contributed by atoms with E-state index >= 15 is 0 Å². The number of anilines is 2. The summed E-state index contributed by atoms with van der Waals surface area (Å²) in [4.78, 5) is 18.8. The van der Waals surface area contributed by atoms with Crippen molar-refractivity contribution in [1.29, 1.82) is 0 Å². The molecule has 0 spiro atoms. The Morgan fingerprint density at radius 1 is 1.00 bits per heavy atom. The van der Waals surface area contributed by atoms with Crippen molar-refractivity contribution in [1.82, 2.24) is 14.8 Å². The third kappa shape index (κ3) is 7.31. The third-order valence-corrected chi connectivity index (χ3v) is 9.78. The van der Waals surface area contributed by atoms with Crippen molar-refractivity contribution in [2.24, 2.45) is 0 Å². The molecule has 0 radical (unpaired) electrons. The van der Waals surface area contributed by atoms with Crippen LogP contribution in [0.1, 0.15) is 35.2 Å². The second kappa shape index (κ2) is 14.4. The molecule has 0 bridgehead atoms. The molecule has 0 fully saturated rings. The van der Waals surface area contributed by atoms with Crippen LogP contribution in [0.15, 0.2) is 106 Å². The highest BCUT2D eigenvalue weighted by Crippen LogP contribution is 2.44. The normalized spacial score (nSPS) is 14.0. The van der Waals surface area contributed by atoms with Gasteiger partial charge in [0.15, 0.2) is 11.5 Å². The summed E-state index contributed by atoms with van der Waals surface area (Å²) in [5.74, 6) is 1.80. The van der Waals surface area contributed by atoms with Crippen molar-refractivity contribution in [3.63, 3.8) is 0 Å². The highest BCUT2D eigenvalue weighted by Gasteiger charge is 2.35. The lowest BCUT2D eigenvalue weighted by Gasteiger charge is -2.29. The molecular weight excluding hydrogens is 721 g/mol. The van der Waals surface area contributed by atoms with Crippen molar-refractivity contribution >= 4 is 68.4 Å². The maximum absolute atomic E-state index is 14.1. The first-order chi connectivity index (χ1) is 22.7. The second-order valence-electron chi connectivity index (χ2n) is 10.8. The lowest BCUT2D eigenvalue weighted by Crippen LogP contribution is -2.31. The minimum Gasteiger partial charge on any atom is -0.493 e. The standard InChI is InChI=1S/C35H30BrCl2N5O3S/c1-20-9-8-12-25(15-20)40-33(44)30-21(2)39-34-41-35(47-19-23-11-5-7-14-28(23)38)42-43(34)31(30)24-16-26(36)32(29(17-24)45-3)46-18-22-10-4-6-13-27(22)37/h4-17,31H,18-19H2,1-3H3,(H,40,44)(H,39,41,42). The Balaban J connectivity index is 1.38. The lowest BCUT2D eigenvalue weighted by molar-refractivity contribution is -0.113. The number of aryl methyl sites for hydroxylation is 1. The number of hydrogen-bond donors (Lipinski definition) is 2. The van der Waals surface area contributed by atoms with Gasteiger partial charge in [-0.25, -0.2) is 4.68 Å². The molecule has 0 saturated heterocycles. The van der Waals surface area contributed by atoms with Crippen LogP contribution in [-0.4, -0.2) is 27.8 Å². The van der Waals surface area contributed by atoms with Crippen molar-refractivity contribution in [2.75, 3.05) is 17.7 Å². The van der Waals surface area contributed by atoms with E-state index in [-0.39, 0.29) is 12.5 Å². The average Bonchev–Trinajstić information content (AvgIpc) is 3.45. The summed E-state index contributed by atoms with van der Waals surface area (Å²) in [5, 5.41) is 13.1. The third-order valence-electron chi connectivity index (χ3n) is 7.57. The summed E-state index contributed by atoms with van der Waals surface area (Å²) in [6, 6.07) is 26.0. The summed E-state index contributed by atoms with van der Waals surface area (Å²) >= 11 is 17.9. The number of methoxy groups -OCH3 is 1. The smallest absolute Gasteiger partial charge is 0.255 e. The number of thioether (sulfide) groups is 1. The van der Waals surface area contributed by atoms with Gasteiger partial charge in [-0.1, -0.05) is 83.5 Å². The molecule has 47 heavy (non-hydrogen) atoms. The van der Waals surface area contributed by atoms with Gasteiger partial charge in [0, 0.05) is 32.7 Å². The van der Waals surface area contributed by atoms with Crippen LogP contribution < -0.4 is 20.1 Å². The Morgan fingerprint density at radius 3 is 2.43 bits per heavy atom. The van der Waals surface area contributed by atoms with Gasteiger partial charge in [-0.2, -0.15) is 4.98 Å². The fourth-order valence-corrected chi connectivity index (χ4v) is 7.16. The van der Waals surface area contributed by atoms with Crippen LogP contribution in [0.5, 0.6) is 11.5 Å². The van der Waals surface area contributed by atoms with Crippen molar-refractivity contribution in [3.05, 3.63) is 133 Å². The number of fused-ring (bicyclic) bond motifs is 1. The van der Waals surface area contributed by atoms with E-state index in [1.807, 2.05) is 98.8 Å². The van der Waals surface area contributed by atoms with Gasteiger partial charge >= 0.3 is 0 Å². The van der Waals surface area contributed by atoms with E-state index in [1.54, 1.807) is 11.8 Å². The number of allylic oxidation sites excluding steroid dienone is 1. The van der Waals surface area contributed by atoms with Crippen molar-refractivity contribution < 1.29 is 14.3 Å². The Hall–Kier alpha value is -3.96. The Labute approximate surface area is 295 Å². The van der Waals surface area contributed by atoms with Gasteiger partial charge in [0.05, 0.1) is 17.2 Å². The molecule has 2 N–H and O–H groups in total. The van der Waals surface area contributed by atoms with Gasteiger partial charge in [0.1, 0.15) is 12.6 Å². The molecule has 1 aliphatic rings.